The maximum Gasteiger partial charge on any atom is 0.229 e. The van der Waals surface area contributed by atoms with Gasteiger partial charge in [0.1, 0.15) is 4.33 Å². The number of hydrogen-bond acceptors (Lipinski definition) is 2. The van der Waals surface area contributed by atoms with E-state index in [0.717, 1.165) is 19.4 Å². The molecule has 1 aliphatic heterocycles. The van der Waals surface area contributed by atoms with Gasteiger partial charge < -0.3 is 10.1 Å². The number of carbonyl (C=O) groups is 1. The average Bonchev–Trinajstić information content (AvgIpc) is 2.57. The van der Waals surface area contributed by atoms with Crippen molar-refractivity contribution in [3.05, 3.63) is 0 Å². The van der Waals surface area contributed by atoms with Gasteiger partial charge in [-0.2, -0.15) is 0 Å². The van der Waals surface area contributed by atoms with Gasteiger partial charge >= 0.3 is 0 Å². The summed E-state index contributed by atoms with van der Waals surface area (Å²) in [6.45, 7) is 3.16. The van der Waals surface area contributed by atoms with E-state index in [4.69, 9.17) is 27.9 Å². The number of carbonyl (C=O) groups excluding carboxylic acids is 1. The van der Waals surface area contributed by atoms with Crippen LogP contribution in [0.1, 0.15) is 26.2 Å². The largest absolute Gasteiger partial charge is 0.376 e. The van der Waals surface area contributed by atoms with Crippen molar-refractivity contribution >= 4 is 29.1 Å². The molecule has 0 aromatic rings. The molecule has 1 saturated heterocycles. The molecule has 1 aliphatic carbocycles. The summed E-state index contributed by atoms with van der Waals surface area (Å²) in [5.74, 6) is -0.0667. The van der Waals surface area contributed by atoms with Crippen LogP contribution >= 0.6 is 23.2 Å². The summed E-state index contributed by atoms with van der Waals surface area (Å²) < 4.78 is 4.53. The first-order valence-corrected chi connectivity index (χ1v) is 5.99. The minimum atomic E-state index is -0.881. The van der Waals surface area contributed by atoms with Crippen LogP contribution in [0, 0.1) is 5.41 Å². The zero-order valence-corrected chi connectivity index (χ0v) is 10.2. The highest BCUT2D eigenvalue weighted by molar-refractivity contribution is 6.53. The second kappa shape index (κ2) is 3.79. The maximum atomic E-state index is 11.8. The van der Waals surface area contributed by atoms with E-state index >= 15 is 0 Å². The van der Waals surface area contributed by atoms with Gasteiger partial charge in [-0.1, -0.05) is 0 Å². The Morgan fingerprint density at radius 1 is 1.60 bits per heavy atom. The van der Waals surface area contributed by atoms with E-state index < -0.39 is 9.75 Å². The summed E-state index contributed by atoms with van der Waals surface area (Å²) in [5, 5.41) is 2.85. The van der Waals surface area contributed by atoms with E-state index in [1.165, 1.54) is 0 Å². The predicted molar refractivity (Wildman–Crippen MR) is 59.1 cm³/mol. The molecule has 2 rings (SSSR count). The van der Waals surface area contributed by atoms with Gasteiger partial charge in [0.15, 0.2) is 0 Å². The van der Waals surface area contributed by atoms with E-state index in [2.05, 4.69) is 5.32 Å². The van der Waals surface area contributed by atoms with E-state index in [-0.39, 0.29) is 12.0 Å². The molecule has 2 aliphatic rings. The number of hydrogen-bond donors (Lipinski definition) is 1. The lowest BCUT2D eigenvalue weighted by Gasteiger charge is -2.15. The lowest BCUT2D eigenvalue weighted by molar-refractivity contribution is -0.126. The van der Waals surface area contributed by atoms with Crippen molar-refractivity contribution in [1.82, 2.24) is 5.32 Å². The molecular weight excluding hydrogens is 237 g/mol. The fourth-order valence-corrected chi connectivity index (χ4v) is 2.56. The SMILES string of the molecule is C[C@@]1(C(=O)NC[C@H]2CCCO2)CC1(Cl)Cl. The molecule has 2 fully saturated rings. The van der Waals surface area contributed by atoms with Crippen LogP contribution in [0.4, 0.5) is 0 Å². The fraction of sp³-hybridized carbons (Fsp3) is 0.900. The van der Waals surface area contributed by atoms with Crippen molar-refractivity contribution in [3.8, 4) is 0 Å². The molecule has 0 bridgehead atoms. The highest BCUT2D eigenvalue weighted by Gasteiger charge is 2.67. The number of amides is 1. The molecule has 86 valence electrons. The Morgan fingerprint density at radius 3 is 2.73 bits per heavy atom. The number of alkyl halides is 2. The molecule has 5 heteroatoms. The summed E-state index contributed by atoms with van der Waals surface area (Å²) >= 11 is 11.8. The van der Waals surface area contributed by atoms with Crippen molar-refractivity contribution in [2.45, 2.75) is 36.6 Å². The highest BCUT2D eigenvalue weighted by atomic mass is 35.5. The third-order valence-electron chi connectivity index (χ3n) is 3.27. The van der Waals surface area contributed by atoms with Crippen molar-refractivity contribution < 1.29 is 9.53 Å². The molecular formula is C10H15Cl2NO2. The smallest absolute Gasteiger partial charge is 0.229 e. The van der Waals surface area contributed by atoms with Crippen LogP contribution in [0.25, 0.3) is 0 Å². The Balaban J connectivity index is 1.78. The third kappa shape index (κ3) is 2.10. The second-order valence-corrected chi connectivity index (χ2v) is 6.04. The monoisotopic (exact) mass is 251 g/mol. The maximum absolute atomic E-state index is 11.8. The van der Waals surface area contributed by atoms with Gasteiger partial charge in [-0.15, -0.1) is 23.2 Å². The van der Waals surface area contributed by atoms with Crippen molar-refractivity contribution in [2.24, 2.45) is 5.41 Å². The molecule has 15 heavy (non-hydrogen) atoms. The second-order valence-electron chi connectivity index (χ2n) is 4.56. The highest BCUT2D eigenvalue weighted by Crippen LogP contribution is 2.63. The lowest BCUT2D eigenvalue weighted by atomic mass is 10.1. The van der Waals surface area contributed by atoms with E-state index in [9.17, 15) is 4.79 Å². The van der Waals surface area contributed by atoms with Gasteiger partial charge in [0.2, 0.25) is 5.91 Å². The van der Waals surface area contributed by atoms with E-state index in [0.29, 0.717) is 13.0 Å². The summed E-state index contributed by atoms with van der Waals surface area (Å²) in [5.41, 5.74) is -0.616. The average molecular weight is 252 g/mol. The molecule has 2 atom stereocenters. The molecule has 0 radical (unpaired) electrons. The first-order valence-electron chi connectivity index (χ1n) is 5.23. The van der Waals surface area contributed by atoms with Gasteiger partial charge in [0, 0.05) is 13.2 Å². The molecule has 1 N–H and O–H groups in total. The zero-order valence-electron chi connectivity index (χ0n) is 8.69. The van der Waals surface area contributed by atoms with Gasteiger partial charge in [-0.25, -0.2) is 0 Å². The van der Waals surface area contributed by atoms with Gasteiger partial charge in [0.05, 0.1) is 11.5 Å². The van der Waals surface area contributed by atoms with Crippen molar-refractivity contribution in [2.75, 3.05) is 13.2 Å². The Labute approximate surface area is 99.4 Å². The first kappa shape index (κ1) is 11.5. The molecule has 0 aromatic carbocycles. The Morgan fingerprint density at radius 2 is 2.27 bits per heavy atom. The first-order chi connectivity index (χ1) is 6.96. The van der Waals surface area contributed by atoms with E-state index in [1.54, 1.807) is 6.92 Å². The van der Waals surface area contributed by atoms with Crippen LogP contribution in [-0.2, 0) is 9.53 Å². The summed E-state index contributed by atoms with van der Waals surface area (Å²) in [6.07, 6.45) is 2.79. The minimum absolute atomic E-state index is 0.0667. The minimum Gasteiger partial charge on any atom is -0.376 e. The van der Waals surface area contributed by atoms with Crippen LogP contribution < -0.4 is 5.32 Å². The molecule has 0 spiro atoms. The van der Waals surface area contributed by atoms with E-state index in [1.807, 2.05) is 0 Å². The Hall–Kier alpha value is 0.01000. The van der Waals surface area contributed by atoms with Crippen LogP contribution in [0.3, 0.4) is 0 Å². The number of rotatable bonds is 3. The Kier molecular flexibility index (Phi) is 2.91. The van der Waals surface area contributed by atoms with Crippen molar-refractivity contribution in [3.63, 3.8) is 0 Å². The molecule has 1 amide bonds. The topological polar surface area (TPSA) is 38.3 Å². The third-order valence-corrected chi connectivity index (χ3v) is 4.37. The fourth-order valence-electron chi connectivity index (χ4n) is 1.85. The normalized spacial score (nSPS) is 37.7. The standard InChI is InChI=1S/C10H15Cl2NO2/c1-9(6-10(9,11)12)8(14)13-5-7-3-2-4-15-7/h7H,2-6H2,1H3,(H,13,14)/t7-,9+/m1/s1. The van der Waals surface area contributed by atoms with Crippen LogP contribution in [-0.4, -0.2) is 29.5 Å². The van der Waals surface area contributed by atoms with Gasteiger partial charge in [-0.05, 0) is 26.2 Å². The molecule has 0 aromatic heterocycles. The molecule has 0 unspecified atom stereocenters. The Bertz CT molecular complexity index is 277. The van der Waals surface area contributed by atoms with Crippen LogP contribution in [0.2, 0.25) is 0 Å². The van der Waals surface area contributed by atoms with Gasteiger partial charge in [-0.3, -0.25) is 4.79 Å². The van der Waals surface area contributed by atoms with Gasteiger partial charge in [0.25, 0.3) is 0 Å². The summed E-state index contributed by atoms with van der Waals surface area (Å²) in [7, 11) is 0. The zero-order chi connectivity index (χ0) is 11.1. The summed E-state index contributed by atoms with van der Waals surface area (Å²) in [4.78, 5) is 11.8. The quantitative estimate of drug-likeness (QED) is 0.778. The van der Waals surface area contributed by atoms with Crippen molar-refractivity contribution in [1.29, 1.82) is 0 Å². The predicted octanol–water partition coefficient (Wildman–Crippen LogP) is 1.87. The molecule has 1 saturated carbocycles. The lowest BCUT2D eigenvalue weighted by Crippen LogP contribution is -2.38. The summed E-state index contributed by atoms with van der Waals surface area (Å²) in [6, 6.07) is 0. The molecule has 3 nitrogen and oxygen atoms in total. The number of halogens is 2. The molecule has 1 heterocycles. The van der Waals surface area contributed by atoms with Crippen LogP contribution in [0.15, 0.2) is 0 Å². The number of ether oxygens (including phenoxy) is 1. The van der Waals surface area contributed by atoms with Crippen LogP contribution in [0.5, 0.6) is 0 Å². The number of nitrogens with one attached hydrogen (secondary N) is 1.